The number of fused-ring (bicyclic) bond motifs is 2. The molecule has 4 aliphatic rings. The molecule has 2 saturated heterocycles. The molecule has 7 nitrogen and oxygen atoms in total. The monoisotopic (exact) mass is 560 g/mol. The van der Waals surface area contributed by atoms with Crippen molar-refractivity contribution in [2.24, 2.45) is 17.3 Å². The van der Waals surface area contributed by atoms with Crippen LogP contribution in [0.3, 0.4) is 0 Å². The summed E-state index contributed by atoms with van der Waals surface area (Å²) in [4.78, 5) is 46.2. The van der Waals surface area contributed by atoms with Crippen molar-refractivity contribution in [1.82, 2.24) is 9.80 Å². The van der Waals surface area contributed by atoms with E-state index in [4.69, 9.17) is 4.74 Å². The number of carbonyl (C=O) groups excluding carboxylic acids is 3. The number of hydrogen-bond acceptors (Lipinski definition) is 6. The SMILES string of the molecule is CC(C)(C)CC(C)(C)N1CC=C[C@]23S[C@H]4/C=C\CCCCOC(=O)[C@H]4[C@H]2C(=O)N(CCCCCCO)C3C1=O. The van der Waals surface area contributed by atoms with Gasteiger partial charge in [-0.05, 0) is 57.8 Å². The van der Waals surface area contributed by atoms with Crippen LogP contribution in [-0.4, -0.2) is 80.6 Å². The average Bonchev–Trinajstić information content (AvgIpc) is 3.22. The fourth-order valence-electron chi connectivity index (χ4n) is 7.34. The van der Waals surface area contributed by atoms with Gasteiger partial charge in [0.1, 0.15) is 6.04 Å². The molecule has 8 heteroatoms. The van der Waals surface area contributed by atoms with Gasteiger partial charge >= 0.3 is 5.97 Å². The number of ether oxygens (including phenoxy) is 1. The molecule has 2 amide bonds. The Morgan fingerprint density at radius 2 is 1.77 bits per heavy atom. The number of nitrogens with zero attached hydrogens (tertiary/aromatic N) is 2. The standard InChI is InChI=1S/C31H48N2O5S/c1-29(2,3)21-30(4,5)33-18-14-16-31-24(23-22(39-31)15-10-6-9-13-20-38-28(23)37)26(35)32(25(31)27(33)36)17-11-7-8-12-19-34/h10,14-16,22-25,34H,6-9,11-13,17-21H2,1-5H3/b15-10-/t22-,23+,24-,25?,31-/m0/s1. The summed E-state index contributed by atoms with van der Waals surface area (Å²) in [6.07, 6.45) is 15.1. The number of aliphatic hydroxyl groups excluding tert-OH is 1. The predicted molar refractivity (Wildman–Crippen MR) is 155 cm³/mol. The maximum atomic E-state index is 14.6. The number of unbranched alkanes of at least 4 members (excludes halogenated alkanes) is 3. The zero-order chi connectivity index (χ0) is 28.4. The van der Waals surface area contributed by atoms with Gasteiger partial charge in [-0.3, -0.25) is 14.4 Å². The third-order valence-electron chi connectivity index (χ3n) is 8.60. The summed E-state index contributed by atoms with van der Waals surface area (Å²) in [6, 6.07) is -0.658. The lowest BCUT2D eigenvalue weighted by Crippen LogP contribution is -2.58. The smallest absolute Gasteiger partial charge is 0.311 e. The first-order valence-electron chi connectivity index (χ1n) is 14.8. The Labute approximate surface area is 238 Å². The third kappa shape index (κ3) is 6.12. The minimum absolute atomic E-state index is 0.0194. The van der Waals surface area contributed by atoms with Gasteiger partial charge in [0.2, 0.25) is 11.8 Å². The van der Waals surface area contributed by atoms with Gasteiger partial charge in [0.25, 0.3) is 0 Å². The van der Waals surface area contributed by atoms with Gasteiger partial charge in [-0.15, -0.1) is 11.8 Å². The lowest BCUT2D eigenvalue weighted by molar-refractivity contribution is -0.153. The van der Waals surface area contributed by atoms with Gasteiger partial charge in [0, 0.05) is 30.5 Å². The third-order valence-corrected chi connectivity index (χ3v) is 10.3. The van der Waals surface area contributed by atoms with E-state index >= 15 is 0 Å². The van der Waals surface area contributed by atoms with Crippen LogP contribution in [-0.2, 0) is 19.1 Å². The number of hydrogen-bond donors (Lipinski definition) is 1. The highest BCUT2D eigenvalue weighted by Crippen LogP contribution is 2.61. The minimum Gasteiger partial charge on any atom is -0.465 e. The summed E-state index contributed by atoms with van der Waals surface area (Å²) >= 11 is 1.62. The van der Waals surface area contributed by atoms with E-state index in [0.717, 1.165) is 51.4 Å². The van der Waals surface area contributed by atoms with Crippen LogP contribution in [0.15, 0.2) is 24.3 Å². The summed E-state index contributed by atoms with van der Waals surface area (Å²) in [7, 11) is 0. The lowest BCUT2D eigenvalue weighted by atomic mass is 9.78. The Morgan fingerprint density at radius 3 is 2.49 bits per heavy atom. The number of aliphatic hydroxyl groups is 1. The number of rotatable bonds is 8. The molecule has 1 N–H and O–H groups in total. The second-order valence-corrected chi connectivity index (χ2v) is 15.0. The van der Waals surface area contributed by atoms with E-state index in [-0.39, 0.29) is 35.1 Å². The Bertz CT molecular complexity index is 986. The van der Waals surface area contributed by atoms with Crippen molar-refractivity contribution in [3.8, 4) is 0 Å². The van der Waals surface area contributed by atoms with E-state index in [1.165, 1.54) is 0 Å². The normalized spacial score (nSPS) is 32.4. The number of cyclic esters (lactones) is 1. The summed E-state index contributed by atoms with van der Waals surface area (Å²) in [6.45, 7) is 12.3. The van der Waals surface area contributed by atoms with Gasteiger partial charge in [-0.2, -0.15) is 0 Å². The van der Waals surface area contributed by atoms with Crippen LogP contribution in [0, 0.1) is 17.3 Å². The van der Waals surface area contributed by atoms with E-state index in [0.29, 0.717) is 19.7 Å². The first-order chi connectivity index (χ1) is 18.4. The molecule has 4 aliphatic heterocycles. The van der Waals surface area contributed by atoms with Gasteiger partial charge in [-0.1, -0.05) is 57.9 Å². The second-order valence-electron chi connectivity index (χ2n) is 13.5. The largest absolute Gasteiger partial charge is 0.465 e. The highest BCUT2D eigenvalue weighted by atomic mass is 32.2. The molecule has 1 unspecified atom stereocenters. The van der Waals surface area contributed by atoms with Crippen molar-refractivity contribution in [3.63, 3.8) is 0 Å². The molecule has 2 fully saturated rings. The van der Waals surface area contributed by atoms with Crippen molar-refractivity contribution in [1.29, 1.82) is 0 Å². The van der Waals surface area contributed by atoms with Crippen LogP contribution in [0.1, 0.15) is 86.0 Å². The Balaban J connectivity index is 1.74. The Morgan fingerprint density at radius 1 is 1.03 bits per heavy atom. The molecular weight excluding hydrogens is 512 g/mol. The molecule has 4 heterocycles. The van der Waals surface area contributed by atoms with Crippen molar-refractivity contribution in [2.45, 2.75) is 108 Å². The maximum absolute atomic E-state index is 14.6. The zero-order valence-corrected chi connectivity index (χ0v) is 25.3. The van der Waals surface area contributed by atoms with Crippen LogP contribution in [0.4, 0.5) is 0 Å². The molecule has 218 valence electrons. The molecule has 4 rings (SSSR count). The minimum atomic E-state index is -0.807. The molecule has 0 aromatic heterocycles. The lowest BCUT2D eigenvalue weighted by Gasteiger charge is -2.44. The highest BCUT2D eigenvalue weighted by molar-refractivity contribution is 8.02. The van der Waals surface area contributed by atoms with Gasteiger partial charge in [0.05, 0.1) is 23.2 Å². The van der Waals surface area contributed by atoms with Crippen molar-refractivity contribution >= 4 is 29.5 Å². The number of allylic oxidation sites excluding steroid dienone is 1. The van der Waals surface area contributed by atoms with Crippen LogP contribution in [0.5, 0.6) is 0 Å². The topological polar surface area (TPSA) is 87.2 Å². The molecule has 0 radical (unpaired) electrons. The van der Waals surface area contributed by atoms with Crippen LogP contribution in [0.25, 0.3) is 0 Å². The van der Waals surface area contributed by atoms with E-state index in [1.807, 2.05) is 4.90 Å². The van der Waals surface area contributed by atoms with Crippen LogP contribution in [0.2, 0.25) is 0 Å². The number of carbonyl (C=O) groups is 3. The van der Waals surface area contributed by atoms with E-state index < -0.39 is 28.2 Å². The fraction of sp³-hybridized carbons (Fsp3) is 0.774. The Kier molecular flexibility index (Phi) is 9.26. The first-order valence-corrected chi connectivity index (χ1v) is 15.7. The van der Waals surface area contributed by atoms with Gasteiger partial charge < -0.3 is 19.6 Å². The molecule has 1 spiro atoms. The first kappa shape index (κ1) is 30.2. The highest BCUT2D eigenvalue weighted by Gasteiger charge is 2.71. The summed E-state index contributed by atoms with van der Waals surface area (Å²) in [5.41, 5.74) is -0.379. The second kappa shape index (κ2) is 12.0. The van der Waals surface area contributed by atoms with E-state index in [2.05, 4.69) is 58.9 Å². The number of thioether (sulfide) groups is 1. The molecule has 0 aromatic carbocycles. The molecule has 0 aliphatic carbocycles. The number of esters is 1. The summed E-state index contributed by atoms with van der Waals surface area (Å²) in [5, 5.41) is 8.97. The van der Waals surface area contributed by atoms with Crippen molar-refractivity contribution < 1.29 is 24.2 Å². The van der Waals surface area contributed by atoms with Crippen LogP contribution >= 0.6 is 11.8 Å². The number of amides is 2. The Hall–Kier alpha value is -1.80. The molecule has 0 aromatic rings. The van der Waals surface area contributed by atoms with Crippen molar-refractivity contribution in [2.75, 3.05) is 26.3 Å². The molecular formula is C31H48N2O5S. The van der Waals surface area contributed by atoms with E-state index in [1.54, 1.807) is 16.7 Å². The van der Waals surface area contributed by atoms with E-state index in [9.17, 15) is 19.5 Å². The number of likely N-dealkylation sites (tertiary alicyclic amines) is 1. The molecule has 39 heavy (non-hydrogen) atoms. The maximum Gasteiger partial charge on any atom is 0.311 e. The molecule has 0 bridgehead atoms. The molecule has 5 atom stereocenters. The molecule has 0 saturated carbocycles. The quantitative estimate of drug-likeness (QED) is 0.262. The zero-order valence-electron chi connectivity index (χ0n) is 24.5. The summed E-state index contributed by atoms with van der Waals surface area (Å²) in [5.74, 6) is -1.66. The van der Waals surface area contributed by atoms with Crippen LogP contribution < -0.4 is 0 Å². The average molecular weight is 561 g/mol. The van der Waals surface area contributed by atoms with Crippen molar-refractivity contribution in [3.05, 3.63) is 24.3 Å². The summed E-state index contributed by atoms with van der Waals surface area (Å²) < 4.78 is 4.91. The van der Waals surface area contributed by atoms with Gasteiger partial charge in [-0.25, -0.2) is 0 Å². The van der Waals surface area contributed by atoms with Gasteiger partial charge in [0.15, 0.2) is 0 Å². The predicted octanol–water partition coefficient (Wildman–Crippen LogP) is 4.73. The fourth-order valence-corrected chi connectivity index (χ4v) is 9.34.